The van der Waals surface area contributed by atoms with Crippen molar-refractivity contribution in [3.63, 3.8) is 0 Å². The van der Waals surface area contributed by atoms with Gasteiger partial charge < -0.3 is 10.1 Å². The summed E-state index contributed by atoms with van der Waals surface area (Å²) in [6, 6.07) is 1.89. The molecule has 4 heteroatoms. The molecule has 0 radical (unpaired) electrons. The molecule has 2 aromatic heterocycles. The Hall–Kier alpha value is -1.42. The van der Waals surface area contributed by atoms with Crippen molar-refractivity contribution in [3.8, 4) is 0 Å². The lowest BCUT2D eigenvalue weighted by atomic mass is 10.4. The number of fused-ring (bicyclic) bond motifs is 1. The van der Waals surface area contributed by atoms with Crippen LogP contribution in [-0.4, -0.2) is 26.7 Å². The molecule has 0 atom stereocenters. The number of hydrogen-bond acceptors (Lipinski definition) is 3. The standard InChI is InChI=1S/C8H9N3O/c12-4-2-8-10-5-7-6(11-8)1-3-9-7/h1,3,5,9,12H,2,4H2. The Kier molecular flexibility index (Phi) is 1.75. The number of aromatic nitrogens is 3. The SMILES string of the molecule is OCCc1ncc2[nH]ccc2n1. The normalized spacial score (nSPS) is 10.8. The van der Waals surface area contributed by atoms with Crippen molar-refractivity contribution in [2.24, 2.45) is 0 Å². The average molecular weight is 163 g/mol. The van der Waals surface area contributed by atoms with Crippen LogP contribution in [0.2, 0.25) is 0 Å². The highest BCUT2D eigenvalue weighted by Gasteiger charge is 1.98. The Morgan fingerprint density at radius 2 is 2.42 bits per heavy atom. The maximum atomic E-state index is 8.65. The van der Waals surface area contributed by atoms with Gasteiger partial charge in [0.15, 0.2) is 0 Å². The predicted octanol–water partition coefficient (Wildman–Crippen LogP) is 0.493. The van der Waals surface area contributed by atoms with E-state index in [2.05, 4.69) is 15.0 Å². The third-order valence-electron chi connectivity index (χ3n) is 1.68. The van der Waals surface area contributed by atoms with Crippen LogP contribution in [0.25, 0.3) is 11.0 Å². The van der Waals surface area contributed by atoms with Crippen LogP contribution in [-0.2, 0) is 6.42 Å². The van der Waals surface area contributed by atoms with Crippen LogP contribution in [0.4, 0.5) is 0 Å². The van der Waals surface area contributed by atoms with Crippen LogP contribution in [0.15, 0.2) is 18.5 Å². The summed E-state index contributed by atoms with van der Waals surface area (Å²) in [4.78, 5) is 11.3. The fraction of sp³-hybridized carbons (Fsp3) is 0.250. The van der Waals surface area contributed by atoms with Gasteiger partial charge in [0.1, 0.15) is 5.82 Å². The molecule has 2 rings (SSSR count). The second-order valence-corrected chi connectivity index (χ2v) is 2.54. The molecule has 0 amide bonds. The molecule has 0 saturated carbocycles. The van der Waals surface area contributed by atoms with Crippen molar-refractivity contribution in [3.05, 3.63) is 24.3 Å². The number of H-pyrrole nitrogens is 1. The van der Waals surface area contributed by atoms with Crippen molar-refractivity contribution in [2.75, 3.05) is 6.61 Å². The second kappa shape index (κ2) is 2.91. The molecule has 0 unspecified atom stereocenters. The summed E-state index contributed by atoms with van der Waals surface area (Å²) in [6.07, 6.45) is 4.07. The van der Waals surface area contributed by atoms with Gasteiger partial charge in [0.2, 0.25) is 0 Å². The summed E-state index contributed by atoms with van der Waals surface area (Å²) < 4.78 is 0. The highest BCUT2D eigenvalue weighted by atomic mass is 16.3. The predicted molar refractivity (Wildman–Crippen MR) is 44.7 cm³/mol. The molecule has 12 heavy (non-hydrogen) atoms. The minimum absolute atomic E-state index is 0.0932. The molecule has 0 fully saturated rings. The van der Waals surface area contributed by atoms with E-state index in [0.29, 0.717) is 12.2 Å². The summed E-state index contributed by atoms with van der Waals surface area (Å²) in [7, 11) is 0. The number of hydrogen-bond donors (Lipinski definition) is 2. The molecule has 0 aliphatic heterocycles. The van der Waals surface area contributed by atoms with Gasteiger partial charge in [0.25, 0.3) is 0 Å². The minimum atomic E-state index is 0.0932. The van der Waals surface area contributed by atoms with Gasteiger partial charge in [-0.1, -0.05) is 0 Å². The smallest absolute Gasteiger partial charge is 0.131 e. The fourth-order valence-electron chi connectivity index (χ4n) is 1.10. The Morgan fingerprint density at radius 1 is 1.50 bits per heavy atom. The molecule has 2 N–H and O–H groups in total. The average Bonchev–Trinajstić information content (AvgIpc) is 2.51. The van der Waals surface area contributed by atoms with Gasteiger partial charge in [-0.15, -0.1) is 0 Å². The lowest BCUT2D eigenvalue weighted by molar-refractivity contribution is 0.297. The van der Waals surface area contributed by atoms with Gasteiger partial charge in [0.05, 0.1) is 23.8 Å². The summed E-state index contributed by atoms with van der Waals surface area (Å²) in [5, 5.41) is 8.65. The molecule has 0 spiro atoms. The van der Waals surface area contributed by atoms with E-state index in [1.807, 2.05) is 12.3 Å². The highest BCUT2D eigenvalue weighted by Crippen LogP contribution is 2.07. The maximum Gasteiger partial charge on any atom is 0.131 e. The Balaban J connectivity index is 2.46. The Labute approximate surface area is 69.3 Å². The Bertz CT molecular complexity index is 382. The number of aromatic amines is 1. The molecule has 0 bridgehead atoms. The van der Waals surface area contributed by atoms with Crippen molar-refractivity contribution in [1.82, 2.24) is 15.0 Å². The molecule has 62 valence electrons. The first kappa shape index (κ1) is 7.24. The second-order valence-electron chi connectivity index (χ2n) is 2.54. The first-order chi connectivity index (χ1) is 5.90. The maximum absolute atomic E-state index is 8.65. The van der Waals surface area contributed by atoms with Gasteiger partial charge in [0, 0.05) is 12.6 Å². The van der Waals surface area contributed by atoms with E-state index in [4.69, 9.17) is 5.11 Å². The van der Waals surface area contributed by atoms with Gasteiger partial charge in [-0.05, 0) is 6.07 Å². The van der Waals surface area contributed by atoms with E-state index in [1.54, 1.807) is 6.20 Å². The van der Waals surface area contributed by atoms with Crippen LogP contribution >= 0.6 is 0 Å². The first-order valence-corrected chi connectivity index (χ1v) is 3.80. The van der Waals surface area contributed by atoms with E-state index in [9.17, 15) is 0 Å². The van der Waals surface area contributed by atoms with Gasteiger partial charge >= 0.3 is 0 Å². The zero-order chi connectivity index (χ0) is 8.39. The van der Waals surface area contributed by atoms with E-state index < -0.39 is 0 Å². The van der Waals surface area contributed by atoms with Crippen LogP contribution in [0.5, 0.6) is 0 Å². The van der Waals surface area contributed by atoms with Crippen molar-refractivity contribution >= 4 is 11.0 Å². The van der Waals surface area contributed by atoms with Crippen molar-refractivity contribution in [1.29, 1.82) is 0 Å². The fourth-order valence-corrected chi connectivity index (χ4v) is 1.10. The first-order valence-electron chi connectivity index (χ1n) is 3.80. The van der Waals surface area contributed by atoms with E-state index in [1.165, 1.54) is 0 Å². The zero-order valence-electron chi connectivity index (χ0n) is 6.49. The summed E-state index contributed by atoms with van der Waals surface area (Å²) >= 11 is 0. The number of nitrogens with one attached hydrogen (secondary N) is 1. The lowest BCUT2D eigenvalue weighted by Gasteiger charge is -1.95. The number of aliphatic hydroxyl groups is 1. The van der Waals surface area contributed by atoms with E-state index >= 15 is 0 Å². The number of rotatable bonds is 2. The lowest BCUT2D eigenvalue weighted by Crippen LogP contribution is -1.97. The summed E-state index contributed by atoms with van der Waals surface area (Å²) in [6.45, 7) is 0.0932. The zero-order valence-corrected chi connectivity index (χ0v) is 6.49. The minimum Gasteiger partial charge on any atom is -0.396 e. The number of aliphatic hydroxyl groups excluding tert-OH is 1. The van der Waals surface area contributed by atoms with E-state index in [0.717, 1.165) is 11.0 Å². The third kappa shape index (κ3) is 1.16. The van der Waals surface area contributed by atoms with Gasteiger partial charge in [-0.3, -0.25) is 0 Å². The highest BCUT2D eigenvalue weighted by molar-refractivity contribution is 5.73. The van der Waals surface area contributed by atoms with Gasteiger partial charge in [-0.2, -0.15) is 0 Å². The van der Waals surface area contributed by atoms with E-state index in [-0.39, 0.29) is 6.61 Å². The molecule has 0 aliphatic rings. The molecular weight excluding hydrogens is 154 g/mol. The van der Waals surface area contributed by atoms with Crippen molar-refractivity contribution in [2.45, 2.75) is 6.42 Å². The molecule has 4 nitrogen and oxygen atoms in total. The molecule has 2 aromatic rings. The molecule has 0 aliphatic carbocycles. The monoisotopic (exact) mass is 163 g/mol. The van der Waals surface area contributed by atoms with Crippen LogP contribution in [0.1, 0.15) is 5.82 Å². The van der Waals surface area contributed by atoms with Crippen LogP contribution in [0.3, 0.4) is 0 Å². The largest absolute Gasteiger partial charge is 0.396 e. The summed E-state index contributed by atoms with van der Waals surface area (Å²) in [5.41, 5.74) is 1.82. The third-order valence-corrected chi connectivity index (χ3v) is 1.68. The molecule has 0 saturated heterocycles. The van der Waals surface area contributed by atoms with Crippen molar-refractivity contribution < 1.29 is 5.11 Å². The number of nitrogens with zero attached hydrogens (tertiary/aromatic N) is 2. The van der Waals surface area contributed by atoms with Gasteiger partial charge in [-0.25, -0.2) is 9.97 Å². The molecule has 2 heterocycles. The molecule has 0 aromatic carbocycles. The Morgan fingerprint density at radius 3 is 3.25 bits per heavy atom. The summed E-state index contributed by atoms with van der Waals surface area (Å²) in [5.74, 6) is 0.685. The quantitative estimate of drug-likeness (QED) is 0.677. The van der Waals surface area contributed by atoms with Crippen LogP contribution in [0, 0.1) is 0 Å². The van der Waals surface area contributed by atoms with Crippen LogP contribution < -0.4 is 0 Å². The topological polar surface area (TPSA) is 61.8 Å². The molecular formula is C8H9N3O.